The van der Waals surface area contributed by atoms with Crippen LogP contribution in [-0.2, 0) is 4.79 Å². The van der Waals surface area contributed by atoms with Crippen LogP contribution in [0.15, 0.2) is 0 Å². The van der Waals surface area contributed by atoms with Crippen molar-refractivity contribution in [2.45, 2.75) is 51.4 Å². The van der Waals surface area contributed by atoms with Crippen molar-refractivity contribution < 1.29 is 14.7 Å². The number of carbonyl (C=O) groups excluding carboxylic acids is 1. The highest BCUT2D eigenvalue weighted by atomic mass is 35.5. The largest absolute Gasteiger partial charge is 0.474 e. The van der Waals surface area contributed by atoms with Crippen LogP contribution in [0, 0.1) is 0 Å². The van der Waals surface area contributed by atoms with Gasteiger partial charge < -0.3 is 15.3 Å². The molecule has 0 spiro atoms. The average Bonchev–Trinajstić information content (AvgIpc) is 2.64. The quantitative estimate of drug-likeness (QED) is 0.443. The molecule has 1 aliphatic heterocycles. The molecule has 0 amide bonds. The summed E-state index contributed by atoms with van der Waals surface area (Å²) in [7, 11) is 5.72. The number of carboxylic acid groups (broad SMARTS) is 1. The first kappa shape index (κ1) is 32.5. The summed E-state index contributed by atoms with van der Waals surface area (Å²) in [4.78, 5) is 23.6. The predicted molar refractivity (Wildman–Crippen MR) is 136 cm³/mol. The fraction of sp³-hybridized carbons (Fsp3) is 0.778. The minimum Gasteiger partial charge on any atom is -0.474 e. The molecular weight excluding hydrogens is 456 g/mol. The van der Waals surface area contributed by atoms with E-state index < -0.39 is 15.3 Å². The van der Waals surface area contributed by atoms with Gasteiger partial charge in [0.15, 0.2) is 0 Å². The van der Waals surface area contributed by atoms with E-state index in [4.69, 9.17) is 12.2 Å². The van der Waals surface area contributed by atoms with Crippen molar-refractivity contribution in [3.8, 4) is 0 Å². The van der Waals surface area contributed by atoms with Gasteiger partial charge in [0.1, 0.15) is 10.1 Å². The molecule has 0 atom stereocenters. The third kappa shape index (κ3) is 13.9. The molecule has 166 valence electrons. The third-order valence-electron chi connectivity index (χ3n) is 3.93. The molecule has 0 radical (unpaired) electrons. The van der Waals surface area contributed by atoms with E-state index in [2.05, 4.69) is 29.8 Å². The van der Waals surface area contributed by atoms with Crippen molar-refractivity contribution in [3.63, 3.8) is 0 Å². The number of thiocarbonyl (C=S) groups is 3. The van der Waals surface area contributed by atoms with Gasteiger partial charge in [0.05, 0.1) is 0 Å². The first-order chi connectivity index (χ1) is 12.7. The molecule has 1 aliphatic carbocycles. The zero-order valence-corrected chi connectivity index (χ0v) is 21.4. The van der Waals surface area contributed by atoms with Gasteiger partial charge in [0.2, 0.25) is 0 Å². The van der Waals surface area contributed by atoms with E-state index in [1.807, 2.05) is 32.5 Å². The molecule has 10 heteroatoms. The van der Waals surface area contributed by atoms with Gasteiger partial charge in [-0.3, -0.25) is 4.79 Å². The molecule has 2 rings (SSSR count). The first-order valence-corrected chi connectivity index (χ1v) is 12.3. The van der Waals surface area contributed by atoms with Gasteiger partial charge >= 0.3 is 5.30 Å². The fourth-order valence-corrected chi connectivity index (χ4v) is 6.55. The maximum atomic E-state index is 11.3. The van der Waals surface area contributed by atoms with Crippen LogP contribution in [0.5, 0.6) is 0 Å². The molecule has 2 N–H and O–H groups in total. The SMILES string of the molecule is CN(C)C(=S)S1(C(=O)O)CCCCC1.CNC.Cl.O=C1CCCCC1.S=C=S. The van der Waals surface area contributed by atoms with Crippen LogP contribution in [-0.4, -0.2) is 69.4 Å². The predicted octanol–water partition coefficient (Wildman–Crippen LogP) is 5.29. The summed E-state index contributed by atoms with van der Waals surface area (Å²) in [6, 6.07) is 0. The number of nitrogens with zero attached hydrogens (tertiary/aromatic N) is 1. The summed E-state index contributed by atoms with van der Waals surface area (Å²) < 4.78 is 2.57. The Kier molecular flexibility index (Phi) is 23.4. The van der Waals surface area contributed by atoms with Crippen LogP contribution < -0.4 is 5.32 Å². The average molecular weight is 491 g/mol. The topological polar surface area (TPSA) is 69.6 Å². The maximum Gasteiger partial charge on any atom is 0.353 e. The van der Waals surface area contributed by atoms with Gasteiger partial charge in [-0.2, -0.15) is 0 Å². The molecule has 0 aromatic heterocycles. The summed E-state index contributed by atoms with van der Waals surface area (Å²) in [6.45, 7) is 0. The number of hydrogen-bond acceptors (Lipinski definition) is 6. The standard InChI is InChI=1S/C9H17NO2S2.C6H10O.C2H7N.CS2.ClH/c1-10(2)8(13)14(9(11)12)6-4-3-5-7-14;7-6-4-2-1-3-5-6;1-3-2;2-1-3;/h3-7H2,1-2H3,(H,11,12);1-5H2;3H,1-2H3;;1H. The normalized spacial score (nSPS) is 17.8. The number of Topliss-reactive ketones (excluding diaryl/α,β-unsaturated/α-hetero) is 1. The number of hydrogen-bond donors (Lipinski definition) is 2. The molecule has 0 aromatic carbocycles. The highest BCUT2D eigenvalue weighted by Gasteiger charge is 2.38. The lowest BCUT2D eigenvalue weighted by molar-refractivity contribution is -0.120. The molecule has 2 aliphatic rings. The zero-order valence-electron chi connectivity index (χ0n) is 17.3. The Balaban J connectivity index is -0.000000373. The lowest BCUT2D eigenvalue weighted by Gasteiger charge is -2.41. The Bertz CT molecular complexity index is 485. The number of halogens is 1. The van der Waals surface area contributed by atoms with Crippen molar-refractivity contribution in [3.05, 3.63) is 0 Å². The number of carbonyl (C=O) groups is 2. The Morgan fingerprint density at radius 3 is 1.64 bits per heavy atom. The zero-order chi connectivity index (χ0) is 21.3. The van der Waals surface area contributed by atoms with Gasteiger partial charge in [-0.15, -0.1) is 12.4 Å². The van der Waals surface area contributed by atoms with E-state index in [0.717, 1.165) is 56.5 Å². The van der Waals surface area contributed by atoms with E-state index in [9.17, 15) is 14.7 Å². The van der Waals surface area contributed by atoms with E-state index >= 15 is 0 Å². The van der Waals surface area contributed by atoms with Gasteiger partial charge in [0, 0.05) is 31.3 Å². The van der Waals surface area contributed by atoms with Crippen LogP contribution in [0.4, 0.5) is 4.79 Å². The second kappa shape index (κ2) is 20.1. The van der Waals surface area contributed by atoms with Crippen LogP contribution in [0.2, 0.25) is 0 Å². The van der Waals surface area contributed by atoms with Crippen molar-refractivity contribution >= 4 is 78.8 Å². The molecule has 28 heavy (non-hydrogen) atoms. The van der Waals surface area contributed by atoms with E-state index in [1.54, 1.807) is 4.90 Å². The minimum atomic E-state index is -1.72. The van der Waals surface area contributed by atoms with E-state index in [0.29, 0.717) is 10.1 Å². The summed E-state index contributed by atoms with van der Waals surface area (Å²) in [5.74, 6) is 2.02. The highest BCUT2D eigenvalue weighted by Crippen LogP contribution is 2.54. The summed E-state index contributed by atoms with van der Waals surface area (Å²) in [5, 5.41) is 11.4. The van der Waals surface area contributed by atoms with Crippen LogP contribution in [0.25, 0.3) is 0 Å². The van der Waals surface area contributed by atoms with Crippen molar-refractivity contribution in [1.82, 2.24) is 10.2 Å². The molecule has 2 fully saturated rings. The monoisotopic (exact) mass is 490 g/mol. The lowest BCUT2D eigenvalue weighted by atomic mass is 10.00. The van der Waals surface area contributed by atoms with Gasteiger partial charge in [-0.05, 0) is 75.7 Å². The molecule has 0 unspecified atom stereocenters. The molecule has 0 bridgehead atoms. The third-order valence-corrected chi connectivity index (χ3v) is 8.93. The van der Waals surface area contributed by atoms with Crippen molar-refractivity contribution in [2.24, 2.45) is 0 Å². The summed E-state index contributed by atoms with van der Waals surface area (Å²) in [6.07, 6.45) is 8.41. The Labute approximate surface area is 194 Å². The molecule has 1 saturated heterocycles. The Hall–Kier alpha value is -0.150. The van der Waals surface area contributed by atoms with Gasteiger partial charge in [0.25, 0.3) is 0 Å². The fourth-order valence-electron chi connectivity index (χ4n) is 2.70. The number of ketones is 1. The second-order valence-corrected chi connectivity index (χ2v) is 11.1. The Morgan fingerprint density at radius 2 is 1.39 bits per heavy atom. The van der Waals surface area contributed by atoms with Crippen LogP contribution in [0.1, 0.15) is 51.4 Å². The summed E-state index contributed by atoms with van der Waals surface area (Å²) >= 11 is 13.2. The van der Waals surface area contributed by atoms with Gasteiger partial charge in [-0.1, -0.05) is 35.1 Å². The second-order valence-electron chi connectivity index (χ2n) is 6.46. The molecule has 5 nitrogen and oxygen atoms in total. The lowest BCUT2D eigenvalue weighted by Crippen LogP contribution is -2.35. The van der Waals surface area contributed by atoms with Crippen molar-refractivity contribution in [1.29, 1.82) is 0 Å². The highest BCUT2D eigenvalue weighted by molar-refractivity contribution is 8.58. The van der Waals surface area contributed by atoms with Gasteiger partial charge in [-0.25, -0.2) is 4.79 Å². The first-order valence-electron chi connectivity index (χ1n) is 9.05. The smallest absolute Gasteiger partial charge is 0.353 e. The minimum absolute atomic E-state index is 0. The molecular formula is C18H35ClN2O3S4. The summed E-state index contributed by atoms with van der Waals surface area (Å²) in [5.41, 5.74) is 0. The van der Waals surface area contributed by atoms with Crippen LogP contribution >= 0.6 is 59.1 Å². The maximum absolute atomic E-state index is 11.3. The molecule has 1 saturated carbocycles. The molecule has 0 aromatic rings. The number of nitrogens with one attached hydrogen (secondary N) is 1. The Morgan fingerprint density at radius 1 is 1.04 bits per heavy atom. The van der Waals surface area contributed by atoms with Crippen molar-refractivity contribution in [2.75, 3.05) is 39.7 Å². The number of rotatable bonds is 0. The van der Waals surface area contributed by atoms with Crippen LogP contribution in [0.3, 0.4) is 0 Å². The molecule has 1 heterocycles. The van der Waals surface area contributed by atoms with E-state index in [1.165, 1.54) is 6.42 Å². The van der Waals surface area contributed by atoms with E-state index in [-0.39, 0.29) is 12.4 Å².